The summed E-state index contributed by atoms with van der Waals surface area (Å²) < 4.78 is 11.1. The van der Waals surface area contributed by atoms with Crippen molar-refractivity contribution in [2.75, 3.05) is 39.9 Å². The molecule has 28 heavy (non-hydrogen) atoms. The van der Waals surface area contributed by atoms with Crippen molar-refractivity contribution >= 4 is 5.91 Å². The highest BCUT2D eigenvalue weighted by atomic mass is 16.5. The van der Waals surface area contributed by atoms with Gasteiger partial charge < -0.3 is 14.4 Å². The molecule has 1 fully saturated rings. The number of ether oxygens (including phenoxy) is 2. The van der Waals surface area contributed by atoms with Crippen LogP contribution in [0.1, 0.15) is 24.5 Å². The summed E-state index contributed by atoms with van der Waals surface area (Å²) in [5.41, 5.74) is 2.30. The number of carbonyl (C=O) groups excluding carboxylic acids is 1. The van der Waals surface area contributed by atoms with Gasteiger partial charge in [0.05, 0.1) is 13.7 Å². The van der Waals surface area contributed by atoms with Crippen LogP contribution in [-0.4, -0.2) is 55.6 Å². The van der Waals surface area contributed by atoms with E-state index in [0.29, 0.717) is 19.4 Å². The molecule has 0 bridgehead atoms. The molecule has 2 aromatic carbocycles. The lowest BCUT2D eigenvalue weighted by Crippen LogP contribution is -2.48. The minimum atomic E-state index is 0.222. The SMILES string of the molecule is CCOc1ccccc1CN1CCN(C(=O)CCc2ccccc2OC)CC1. The number of nitrogens with zero attached hydrogens (tertiary/aromatic N) is 2. The second-order valence-electron chi connectivity index (χ2n) is 7.01. The Morgan fingerprint density at radius 3 is 2.25 bits per heavy atom. The van der Waals surface area contributed by atoms with Gasteiger partial charge in [0.1, 0.15) is 11.5 Å². The third kappa shape index (κ3) is 5.26. The normalized spacial score (nSPS) is 14.7. The van der Waals surface area contributed by atoms with Crippen LogP contribution in [0, 0.1) is 0 Å². The van der Waals surface area contributed by atoms with Gasteiger partial charge in [0.15, 0.2) is 0 Å². The Morgan fingerprint density at radius 1 is 0.929 bits per heavy atom. The van der Waals surface area contributed by atoms with E-state index >= 15 is 0 Å². The first-order valence-electron chi connectivity index (χ1n) is 10.0. The zero-order chi connectivity index (χ0) is 19.8. The standard InChI is InChI=1S/C23H30N2O3/c1-3-28-22-11-7-5-9-20(22)18-24-14-16-25(17-15-24)23(26)13-12-19-8-4-6-10-21(19)27-2/h4-11H,3,12-18H2,1-2H3. The largest absolute Gasteiger partial charge is 0.496 e. The Labute approximate surface area is 167 Å². The van der Waals surface area contributed by atoms with Gasteiger partial charge in [0.2, 0.25) is 5.91 Å². The Hall–Kier alpha value is -2.53. The first-order chi connectivity index (χ1) is 13.7. The molecule has 2 aromatic rings. The smallest absolute Gasteiger partial charge is 0.222 e. The van der Waals surface area contributed by atoms with E-state index in [1.165, 1.54) is 5.56 Å². The van der Waals surface area contributed by atoms with Crippen LogP contribution in [-0.2, 0) is 17.8 Å². The fraction of sp³-hybridized carbons (Fsp3) is 0.435. The fourth-order valence-corrected chi connectivity index (χ4v) is 3.64. The molecule has 0 N–H and O–H groups in total. The molecule has 1 amide bonds. The lowest BCUT2D eigenvalue weighted by atomic mass is 10.1. The molecule has 1 saturated heterocycles. The molecule has 0 saturated carbocycles. The van der Waals surface area contributed by atoms with Gasteiger partial charge in [-0.15, -0.1) is 0 Å². The van der Waals surface area contributed by atoms with E-state index in [9.17, 15) is 4.79 Å². The van der Waals surface area contributed by atoms with Crippen LogP contribution in [0.4, 0.5) is 0 Å². The second-order valence-corrected chi connectivity index (χ2v) is 7.01. The maximum absolute atomic E-state index is 12.6. The van der Waals surface area contributed by atoms with Crippen LogP contribution in [0.2, 0.25) is 0 Å². The number of carbonyl (C=O) groups is 1. The summed E-state index contributed by atoms with van der Waals surface area (Å²) >= 11 is 0. The van der Waals surface area contributed by atoms with Crippen molar-refractivity contribution in [2.45, 2.75) is 26.3 Å². The van der Waals surface area contributed by atoms with E-state index < -0.39 is 0 Å². The number of amides is 1. The minimum absolute atomic E-state index is 0.222. The van der Waals surface area contributed by atoms with Gasteiger partial charge in [0, 0.05) is 44.7 Å². The zero-order valence-corrected chi connectivity index (χ0v) is 16.9. The number of hydrogen-bond donors (Lipinski definition) is 0. The molecule has 1 heterocycles. The summed E-state index contributed by atoms with van der Waals surface area (Å²) in [5, 5.41) is 0. The third-order valence-electron chi connectivity index (χ3n) is 5.19. The van der Waals surface area contributed by atoms with Crippen LogP contribution in [0.5, 0.6) is 11.5 Å². The van der Waals surface area contributed by atoms with E-state index in [4.69, 9.17) is 9.47 Å². The molecule has 0 spiro atoms. The van der Waals surface area contributed by atoms with E-state index in [1.807, 2.05) is 48.2 Å². The highest BCUT2D eigenvalue weighted by Gasteiger charge is 2.21. The Balaban J connectivity index is 1.48. The van der Waals surface area contributed by atoms with E-state index in [-0.39, 0.29) is 5.91 Å². The summed E-state index contributed by atoms with van der Waals surface area (Å²) in [6, 6.07) is 16.1. The molecule has 5 nitrogen and oxygen atoms in total. The lowest BCUT2D eigenvalue weighted by Gasteiger charge is -2.35. The highest BCUT2D eigenvalue weighted by molar-refractivity contribution is 5.76. The number of aryl methyl sites for hydroxylation is 1. The summed E-state index contributed by atoms with van der Waals surface area (Å²) in [4.78, 5) is 17.0. The van der Waals surface area contributed by atoms with Gasteiger partial charge >= 0.3 is 0 Å². The Kier molecular flexibility index (Phi) is 7.31. The van der Waals surface area contributed by atoms with Crippen LogP contribution < -0.4 is 9.47 Å². The fourth-order valence-electron chi connectivity index (χ4n) is 3.64. The predicted octanol–water partition coefficient (Wildman–Crippen LogP) is 3.37. The van der Waals surface area contributed by atoms with Gasteiger partial charge in [-0.2, -0.15) is 0 Å². The van der Waals surface area contributed by atoms with Crippen molar-refractivity contribution in [1.82, 2.24) is 9.80 Å². The Bertz CT molecular complexity index is 770. The van der Waals surface area contributed by atoms with Crippen LogP contribution in [0.3, 0.4) is 0 Å². The molecular formula is C23H30N2O3. The first-order valence-corrected chi connectivity index (χ1v) is 10.0. The van der Waals surface area contributed by atoms with Gasteiger partial charge in [-0.25, -0.2) is 0 Å². The van der Waals surface area contributed by atoms with E-state index in [2.05, 4.69) is 17.0 Å². The average molecular weight is 383 g/mol. The van der Waals surface area contributed by atoms with E-state index in [0.717, 1.165) is 49.8 Å². The minimum Gasteiger partial charge on any atom is -0.496 e. The molecule has 0 aromatic heterocycles. The lowest BCUT2D eigenvalue weighted by molar-refractivity contribution is -0.133. The number of hydrogen-bond acceptors (Lipinski definition) is 4. The molecule has 150 valence electrons. The number of methoxy groups -OCH3 is 1. The van der Waals surface area contributed by atoms with Crippen molar-refractivity contribution < 1.29 is 14.3 Å². The van der Waals surface area contributed by atoms with Crippen LogP contribution in [0.15, 0.2) is 48.5 Å². The quantitative estimate of drug-likeness (QED) is 0.702. The van der Waals surface area contributed by atoms with Crippen molar-refractivity contribution in [3.63, 3.8) is 0 Å². The molecular weight excluding hydrogens is 352 g/mol. The van der Waals surface area contributed by atoms with Crippen molar-refractivity contribution in [3.05, 3.63) is 59.7 Å². The van der Waals surface area contributed by atoms with Crippen molar-refractivity contribution in [1.29, 1.82) is 0 Å². The van der Waals surface area contributed by atoms with Gasteiger partial charge in [-0.3, -0.25) is 9.69 Å². The van der Waals surface area contributed by atoms with Crippen molar-refractivity contribution in [3.8, 4) is 11.5 Å². The first kappa shape index (κ1) is 20.2. The molecule has 1 aliphatic rings. The molecule has 0 atom stereocenters. The summed E-state index contributed by atoms with van der Waals surface area (Å²) in [7, 11) is 1.67. The second kappa shape index (κ2) is 10.1. The molecule has 0 unspecified atom stereocenters. The number of benzene rings is 2. The third-order valence-corrected chi connectivity index (χ3v) is 5.19. The number of rotatable bonds is 8. The average Bonchev–Trinajstić information content (AvgIpc) is 2.74. The van der Waals surface area contributed by atoms with Crippen LogP contribution in [0.25, 0.3) is 0 Å². The Morgan fingerprint density at radius 2 is 1.57 bits per heavy atom. The van der Waals surface area contributed by atoms with Gasteiger partial charge in [-0.05, 0) is 31.0 Å². The number of para-hydroxylation sites is 2. The molecule has 5 heteroatoms. The van der Waals surface area contributed by atoms with E-state index in [1.54, 1.807) is 7.11 Å². The van der Waals surface area contributed by atoms with Gasteiger partial charge in [-0.1, -0.05) is 36.4 Å². The summed E-state index contributed by atoms with van der Waals surface area (Å²) in [6.45, 7) is 6.88. The molecule has 1 aliphatic heterocycles. The molecule has 3 rings (SSSR count). The van der Waals surface area contributed by atoms with Gasteiger partial charge in [0.25, 0.3) is 0 Å². The van der Waals surface area contributed by atoms with Crippen molar-refractivity contribution in [2.24, 2.45) is 0 Å². The maximum atomic E-state index is 12.6. The van der Waals surface area contributed by atoms with Crippen LogP contribution >= 0.6 is 0 Å². The molecule has 0 aliphatic carbocycles. The monoisotopic (exact) mass is 382 g/mol. The predicted molar refractivity (Wildman–Crippen MR) is 111 cm³/mol. The summed E-state index contributed by atoms with van der Waals surface area (Å²) in [6.07, 6.45) is 1.23. The highest BCUT2D eigenvalue weighted by Crippen LogP contribution is 2.21. The topological polar surface area (TPSA) is 42.0 Å². The summed E-state index contributed by atoms with van der Waals surface area (Å²) in [5.74, 6) is 2.04. The number of piperazine rings is 1. The zero-order valence-electron chi connectivity index (χ0n) is 16.9. The molecule has 0 radical (unpaired) electrons. The maximum Gasteiger partial charge on any atom is 0.222 e.